The highest BCUT2D eigenvalue weighted by atomic mass is 35.5. The second kappa shape index (κ2) is 6.31. The zero-order valence-corrected chi connectivity index (χ0v) is 7.25. The molecule has 1 nitrogen and oxygen atoms in total. The first-order chi connectivity index (χ1) is 5.56. The van der Waals surface area contributed by atoms with Gasteiger partial charge < -0.3 is 5.32 Å². The highest BCUT2D eigenvalue weighted by Crippen LogP contribution is 2.17. The molecule has 0 unspecified atom stereocenters. The second-order valence-corrected chi connectivity index (χ2v) is 2.50. The Labute approximate surface area is 74.6 Å². The van der Waals surface area contributed by atoms with Crippen LogP contribution in [0.5, 0.6) is 0 Å². The van der Waals surface area contributed by atoms with E-state index >= 15 is 0 Å². The van der Waals surface area contributed by atoms with E-state index in [0.717, 1.165) is 0 Å². The van der Waals surface area contributed by atoms with Gasteiger partial charge in [-0.2, -0.15) is 13.2 Å². The van der Waals surface area contributed by atoms with E-state index in [-0.39, 0.29) is 6.54 Å². The van der Waals surface area contributed by atoms with Gasteiger partial charge in [-0.3, -0.25) is 0 Å². The van der Waals surface area contributed by atoms with E-state index in [1.165, 1.54) is 0 Å². The van der Waals surface area contributed by atoms with Gasteiger partial charge in [-0.25, -0.2) is 0 Å². The Morgan fingerprint density at radius 1 is 1.25 bits per heavy atom. The number of nitrogens with one attached hydrogen (secondary N) is 1. The van der Waals surface area contributed by atoms with Crippen molar-refractivity contribution in [2.45, 2.75) is 12.6 Å². The maximum Gasteiger partial charge on any atom is 0.390 e. The molecule has 0 saturated heterocycles. The molecule has 0 rings (SSSR count). The summed E-state index contributed by atoms with van der Waals surface area (Å²) in [7, 11) is 0. The molecule has 0 aromatic carbocycles. The first-order valence-electron chi connectivity index (χ1n) is 3.54. The lowest BCUT2D eigenvalue weighted by atomic mass is 10.4. The van der Waals surface area contributed by atoms with Crippen molar-refractivity contribution in [1.29, 1.82) is 0 Å². The normalized spacial score (nSPS) is 12.7. The first kappa shape index (κ1) is 11.8. The standard InChI is InChI=1S/C7H11ClF3N/c8-4-1-2-5-12-6-3-7(9,10)11/h1-2,12H,3-6H2/b2-1+. The van der Waals surface area contributed by atoms with Crippen LogP contribution in [0.25, 0.3) is 0 Å². The quantitative estimate of drug-likeness (QED) is 0.409. The van der Waals surface area contributed by atoms with Crippen molar-refractivity contribution in [1.82, 2.24) is 5.32 Å². The molecule has 0 aliphatic rings. The zero-order chi connectivity index (χ0) is 9.45. The molecule has 0 aromatic rings. The maximum absolute atomic E-state index is 11.6. The van der Waals surface area contributed by atoms with Crippen LogP contribution in [0.1, 0.15) is 6.42 Å². The van der Waals surface area contributed by atoms with Crippen molar-refractivity contribution >= 4 is 11.6 Å². The van der Waals surface area contributed by atoms with Gasteiger partial charge in [0.2, 0.25) is 0 Å². The molecular formula is C7H11ClF3N. The van der Waals surface area contributed by atoms with Crippen molar-refractivity contribution < 1.29 is 13.2 Å². The summed E-state index contributed by atoms with van der Waals surface area (Å²) < 4.78 is 34.7. The third kappa shape index (κ3) is 9.78. The largest absolute Gasteiger partial charge is 0.390 e. The Hall–Kier alpha value is -0.220. The first-order valence-corrected chi connectivity index (χ1v) is 4.08. The molecule has 12 heavy (non-hydrogen) atoms. The molecule has 0 amide bonds. The Morgan fingerprint density at radius 2 is 1.92 bits per heavy atom. The number of alkyl halides is 4. The predicted molar refractivity (Wildman–Crippen MR) is 43.4 cm³/mol. The van der Waals surface area contributed by atoms with Crippen LogP contribution in [-0.4, -0.2) is 25.1 Å². The molecule has 0 bridgehead atoms. The van der Waals surface area contributed by atoms with Gasteiger partial charge in [0.25, 0.3) is 0 Å². The van der Waals surface area contributed by atoms with E-state index < -0.39 is 12.6 Å². The van der Waals surface area contributed by atoms with Gasteiger partial charge in [0, 0.05) is 19.0 Å². The maximum atomic E-state index is 11.6. The van der Waals surface area contributed by atoms with Crippen molar-refractivity contribution in [3.63, 3.8) is 0 Å². The Kier molecular flexibility index (Phi) is 6.20. The second-order valence-electron chi connectivity index (χ2n) is 2.20. The third-order valence-corrected chi connectivity index (χ3v) is 1.28. The van der Waals surface area contributed by atoms with Crippen molar-refractivity contribution in [2.24, 2.45) is 0 Å². The van der Waals surface area contributed by atoms with E-state index in [0.29, 0.717) is 12.4 Å². The van der Waals surface area contributed by atoms with Gasteiger partial charge >= 0.3 is 6.18 Å². The summed E-state index contributed by atoms with van der Waals surface area (Å²) in [6.07, 6.45) is -1.48. The average molecular weight is 202 g/mol. The van der Waals surface area contributed by atoms with E-state index in [1.54, 1.807) is 12.2 Å². The number of hydrogen-bond acceptors (Lipinski definition) is 1. The van der Waals surface area contributed by atoms with Crippen LogP contribution in [-0.2, 0) is 0 Å². The smallest absolute Gasteiger partial charge is 0.313 e. The monoisotopic (exact) mass is 201 g/mol. The number of hydrogen-bond donors (Lipinski definition) is 1. The van der Waals surface area contributed by atoms with Gasteiger partial charge in [-0.15, -0.1) is 11.6 Å². The fraction of sp³-hybridized carbons (Fsp3) is 0.714. The molecule has 0 heterocycles. The van der Waals surface area contributed by atoms with Crippen molar-refractivity contribution in [3.8, 4) is 0 Å². The van der Waals surface area contributed by atoms with Crippen LogP contribution < -0.4 is 5.32 Å². The SMILES string of the molecule is FC(F)(F)CCNC/C=C/CCl. The summed E-state index contributed by atoms with van der Waals surface area (Å²) in [5, 5.41) is 2.61. The minimum atomic E-state index is -4.07. The summed E-state index contributed by atoms with van der Waals surface area (Å²) in [6, 6.07) is 0. The lowest BCUT2D eigenvalue weighted by Gasteiger charge is -2.05. The molecule has 5 heteroatoms. The van der Waals surface area contributed by atoms with Crippen LogP contribution in [0, 0.1) is 0 Å². The van der Waals surface area contributed by atoms with Crippen LogP contribution in [0.15, 0.2) is 12.2 Å². The van der Waals surface area contributed by atoms with Crippen molar-refractivity contribution in [2.75, 3.05) is 19.0 Å². The highest BCUT2D eigenvalue weighted by Gasteiger charge is 2.25. The molecule has 0 spiro atoms. The van der Waals surface area contributed by atoms with Gasteiger partial charge in [0.1, 0.15) is 0 Å². The van der Waals surface area contributed by atoms with Crippen molar-refractivity contribution in [3.05, 3.63) is 12.2 Å². The Bertz CT molecular complexity index is 133. The molecule has 0 radical (unpaired) electrons. The molecule has 0 fully saturated rings. The zero-order valence-electron chi connectivity index (χ0n) is 6.49. The summed E-state index contributed by atoms with van der Waals surface area (Å²) in [5.74, 6) is 0.390. The molecule has 0 aliphatic heterocycles. The predicted octanol–water partition coefficient (Wildman–Crippen LogP) is 2.32. The lowest BCUT2D eigenvalue weighted by Crippen LogP contribution is -2.21. The van der Waals surface area contributed by atoms with Gasteiger partial charge in [-0.1, -0.05) is 12.2 Å². The number of rotatable bonds is 5. The molecule has 0 aliphatic carbocycles. The summed E-state index contributed by atoms with van der Waals surface area (Å²) >= 11 is 5.29. The Balaban J connectivity index is 3.17. The van der Waals surface area contributed by atoms with Crippen LogP contribution in [0.3, 0.4) is 0 Å². The van der Waals surface area contributed by atoms with E-state index in [2.05, 4.69) is 5.32 Å². The summed E-state index contributed by atoms with van der Waals surface area (Å²) in [4.78, 5) is 0. The van der Waals surface area contributed by atoms with Gasteiger partial charge in [0.05, 0.1) is 6.42 Å². The molecule has 0 atom stereocenters. The van der Waals surface area contributed by atoms with Gasteiger partial charge in [0.15, 0.2) is 0 Å². The molecule has 0 aromatic heterocycles. The topological polar surface area (TPSA) is 12.0 Å². The fourth-order valence-electron chi connectivity index (χ4n) is 0.562. The van der Waals surface area contributed by atoms with E-state index in [4.69, 9.17) is 11.6 Å². The summed E-state index contributed by atoms with van der Waals surface area (Å²) in [6.45, 7) is 0.388. The third-order valence-electron chi connectivity index (χ3n) is 1.10. The molecule has 1 N–H and O–H groups in total. The molecular weight excluding hydrogens is 191 g/mol. The summed E-state index contributed by atoms with van der Waals surface area (Å²) in [5.41, 5.74) is 0. The number of halogens is 4. The van der Waals surface area contributed by atoms with Crippen LogP contribution in [0.4, 0.5) is 13.2 Å². The fourth-order valence-corrected chi connectivity index (χ4v) is 0.688. The Morgan fingerprint density at radius 3 is 2.42 bits per heavy atom. The minimum Gasteiger partial charge on any atom is -0.313 e. The van der Waals surface area contributed by atoms with Crippen LogP contribution in [0.2, 0.25) is 0 Å². The van der Waals surface area contributed by atoms with E-state index in [9.17, 15) is 13.2 Å². The van der Waals surface area contributed by atoms with E-state index in [1.807, 2.05) is 0 Å². The minimum absolute atomic E-state index is 0.0455. The molecule has 0 saturated carbocycles. The number of allylic oxidation sites excluding steroid dienone is 1. The lowest BCUT2D eigenvalue weighted by molar-refractivity contribution is -0.133. The van der Waals surface area contributed by atoms with Gasteiger partial charge in [-0.05, 0) is 0 Å². The molecule has 72 valence electrons. The van der Waals surface area contributed by atoms with Crippen LogP contribution >= 0.6 is 11.6 Å². The average Bonchev–Trinajstić information content (AvgIpc) is 1.94. The highest BCUT2D eigenvalue weighted by molar-refractivity contribution is 6.18.